The van der Waals surface area contributed by atoms with Crippen LogP contribution in [-0.2, 0) is 17.9 Å². The third-order valence-corrected chi connectivity index (χ3v) is 8.92. The molecule has 3 aliphatic rings. The summed E-state index contributed by atoms with van der Waals surface area (Å²) in [5.74, 6) is -1.71. The maximum Gasteiger partial charge on any atom is 0.274 e. The molecule has 6 rings (SSSR count). The second-order valence-corrected chi connectivity index (χ2v) is 11.4. The molecule has 3 aromatic rings. The minimum Gasteiger partial charge on any atom is -0.497 e. The highest BCUT2D eigenvalue weighted by atomic mass is 19.1. The predicted molar refractivity (Wildman–Crippen MR) is 159 cm³/mol. The van der Waals surface area contributed by atoms with Gasteiger partial charge in [-0.2, -0.15) is 0 Å². The Morgan fingerprint density at radius 2 is 1.89 bits per heavy atom. The number of ether oxygens (including phenoxy) is 2. The maximum absolute atomic E-state index is 14.3. The van der Waals surface area contributed by atoms with Crippen LogP contribution in [0.4, 0.5) is 8.78 Å². The smallest absolute Gasteiger partial charge is 0.274 e. The average molecular weight is 622 g/mol. The van der Waals surface area contributed by atoms with Crippen LogP contribution in [0.15, 0.2) is 58.6 Å². The van der Waals surface area contributed by atoms with Crippen molar-refractivity contribution in [2.75, 3.05) is 20.8 Å². The van der Waals surface area contributed by atoms with Crippen LogP contribution in [0.5, 0.6) is 11.5 Å². The van der Waals surface area contributed by atoms with Gasteiger partial charge in [-0.25, -0.2) is 8.78 Å². The van der Waals surface area contributed by atoms with Crippen molar-refractivity contribution in [2.24, 2.45) is 5.16 Å². The van der Waals surface area contributed by atoms with Crippen molar-refractivity contribution in [1.82, 2.24) is 19.7 Å². The summed E-state index contributed by atoms with van der Waals surface area (Å²) in [6, 6.07) is 9.86. The van der Waals surface area contributed by atoms with Gasteiger partial charge in [-0.15, -0.1) is 0 Å². The third kappa shape index (κ3) is 5.05. The van der Waals surface area contributed by atoms with E-state index in [9.17, 15) is 23.2 Å². The minimum atomic E-state index is -1.08. The molecule has 2 bridgehead atoms. The molecule has 45 heavy (non-hydrogen) atoms. The summed E-state index contributed by atoms with van der Waals surface area (Å²) in [5.41, 5.74) is -1.14. The van der Waals surface area contributed by atoms with Crippen molar-refractivity contribution in [3.8, 4) is 11.5 Å². The number of benzene rings is 2. The molecule has 2 aromatic carbocycles. The zero-order chi connectivity index (χ0) is 32.0. The molecule has 0 unspecified atom stereocenters. The van der Waals surface area contributed by atoms with Crippen LogP contribution in [0.1, 0.15) is 64.7 Å². The number of carbonyl (C=O) groups excluding carboxylic acids is 2. The summed E-state index contributed by atoms with van der Waals surface area (Å²) < 4.78 is 40.0. The molecule has 11 nitrogen and oxygen atoms in total. The summed E-state index contributed by atoms with van der Waals surface area (Å²) in [4.78, 5) is 51.0. The highest BCUT2D eigenvalue weighted by molar-refractivity contribution is 5.99. The molecule has 0 saturated carbocycles. The van der Waals surface area contributed by atoms with E-state index in [1.54, 1.807) is 16.6 Å². The van der Waals surface area contributed by atoms with Crippen LogP contribution in [0.25, 0.3) is 0 Å². The Morgan fingerprint density at radius 1 is 1.13 bits per heavy atom. The number of nitrogens with one attached hydrogen (secondary N) is 1. The molecule has 3 atom stereocenters. The largest absolute Gasteiger partial charge is 0.497 e. The summed E-state index contributed by atoms with van der Waals surface area (Å²) in [7, 11) is 2.87. The van der Waals surface area contributed by atoms with Gasteiger partial charge < -0.3 is 34.0 Å². The highest BCUT2D eigenvalue weighted by Gasteiger charge is 2.57. The van der Waals surface area contributed by atoms with E-state index < -0.39 is 40.6 Å². The predicted octanol–water partition coefficient (Wildman–Crippen LogP) is 3.82. The standard InChI is InChI=1S/C32H33F2N5O6/c1-18-11-12-32(39(19(2)36-45-32)15-20-5-9-23(43-3)10-6-20)26-17-37(18)31(42)27-29(44-4)28(40)24(16-38(26)27)30(41)35-14-21-7-8-22(33)13-25(21)34/h5-10,13,16,18,26H,11-12,14-15,17H2,1-4H3,(H,35,41)/t18-,26+,32+/m0/s1. The molecule has 1 aromatic heterocycles. The Hall–Kier alpha value is -4.94. The van der Waals surface area contributed by atoms with Crippen molar-refractivity contribution in [1.29, 1.82) is 0 Å². The molecule has 1 saturated heterocycles. The summed E-state index contributed by atoms with van der Waals surface area (Å²) in [5, 5.41) is 6.93. The molecule has 1 spiro atoms. The number of aromatic nitrogens is 1. The number of pyridine rings is 1. The number of hydrogen-bond acceptors (Lipinski definition) is 8. The van der Waals surface area contributed by atoms with Crippen LogP contribution in [-0.4, -0.2) is 64.5 Å². The number of hydrogen-bond donors (Lipinski definition) is 1. The van der Waals surface area contributed by atoms with E-state index in [2.05, 4.69) is 15.4 Å². The van der Waals surface area contributed by atoms with Gasteiger partial charge in [0, 0.05) is 49.9 Å². The van der Waals surface area contributed by atoms with Gasteiger partial charge in [0.15, 0.2) is 11.4 Å². The molecule has 0 radical (unpaired) electrons. The Morgan fingerprint density at radius 3 is 2.58 bits per heavy atom. The number of nitrogens with zero attached hydrogens (tertiary/aromatic N) is 4. The van der Waals surface area contributed by atoms with Gasteiger partial charge in [0.1, 0.15) is 34.8 Å². The number of amides is 2. The van der Waals surface area contributed by atoms with E-state index in [1.165, 1.54) is 19.4 Å². The lowest BCUT2D eigenvalue weighted by molar-refractivity contribution is -0.142. The molecular weight excluding hydrogens is 588 g/mol. The number of oxime groups is 1. The molecule has 1 fully saturated rings. The quantitative estimate of drug-likeness (QED) is 0.427. The first-order chi connectivity index (χ1) is 21.6. The molecule has 0 aliphatic carbocycles. The number of halogens is 2. The first-order valence-electron chi connectivity index (χ1n) is 14.6. The monoisotopic (exact) mass is 621 g/mol. The minimum absolute atomic E-state index is 0.00514. The van der Waals surface area contributed by atoms with Gasteiger partial charge in [0.2, 0.25) is 11.2 Å². The summed E-state index contributed by atoms with van der Waals surface area (Å²) >= 11 is 0. The number of fused-ring (bicyclic) bond motifs is 5. The average Bonchev–Trinajstić information content (AvgIpc) is 3.27. The normalized spacial score (nSPS) is 22.0. The van der Waals surface area contributed by atoms with E-state index >= 15 is 0 Å². The fourth-order valence-corrected chi connectivity index (χ4v) is 6.42. The van der Waals surface area contributed by atoms with Gasteiger partial charge in [0.05, 0.1) is 14.2 Å². The van der Waals surface area contributed by atoms with Gasteiger partial charge in [0.25, 0.3) is 11.8 Å². The summed E-state index contributed by atoms with van der Waals surface area (Å²) in [6.45, 7) is 4.15. The van der Waals surface area contributed by atoms with Crippen molar-refractivity contribution in [2.45, 2.75) is 57.6 Å². The SMILES string of the molecule is COc1ccc(CN2C(C)=NO[C@@]23CC[C@H](C)N2C[C@H]3n3cc(C(=O)NCc4ccc(F)cc4F)c(=O)c(OC)c3C2=O)cc1. The fraction of sp³-hybridized carbons (Fsp3) is 0.375. The van der Waals surface area contributed by atoms with E-state index in [0.29, 0.717) is 31.3 Å². The van der Waals surface area contributed by atoms with Crippen LogP contribution in [0, 0.1) is 11.6 Å². The molecule has 3 aliphatic heterocycles. The number of carbonyl (C=O) groups is 2. The lowest BCUT2D eigenvalue weighted by Gasteiger charge is -2.45. The first-order valence-corrected chi connectivity index (χ1v) is 14.6. The van der Waals surface area contributed by atoms with Crippen LogP contribution >= 0.6 is 0 Å². The summed E-state index contributed by atoms with van der Waals surface area (Å²) in [6.07, 6.45) is 2.41. The molecule has 2 amide bonds. The van der Waals surface area contributed by atoms with Crippen molar-refractivity contribution >= 4 is 17.6 Å². The van der Waals surface area contributed by atoms with Crippen molar-refractivity contribution in [3.63, 3.8) is 0 Å². The van der Waals surface area contributed by atoms with Gasteiger partial charge in [-0.05, 0) is 44.0 Å². The zero-order valence-corrected chi connectivity index (χ0v) is 25.3. The van der Waals surface area contributed by atoms with Gasteiger partial charge in [-0.1, -0.05) is 23.4 Å². The number of rotatable bonds is 7. The van der Waals surface area contributed by atoms with Crippen LogP contribution < -0.4 is 20.2 Å². The van der Waals surface area contributed by atoms with E-state index in [-0.39, 0.29) is 41.7 Å². The van der Waals surface area contributed by atoms with E-state index in [0.717, 1.165) is 17.4 Å². The van der Waals surface area contributed by atoms with Gasteiger partial charge >= 0.3 is 0 Å². The molecule has 236 valence electrons. The Balaban J connectivity index is 1.43. The molecule has 1 N–H and O–H groups in total. The lowest BCUT2D eigenvalue weighted by Crippen LogP contribution is -2.58. The molecule has 13 heteroatoms. The highest BCUT2D eigenvalue weighted by Crippen LogP contribution is 2.47. The van der Waals surface area contributed by atoms with Crippen LogP contribution in [0.2, 0.25) is 0 Å². The second kappa shape index (κ2) is 11.5. The lowest BCUT2D eigenvalue weighted by atomic mass is 9.93. The zero-order valence-electron chi connectivity index (χ0n) is 25.3. The topological polar surface area (TPSA) is 115 Å². The Kier molecular flexibility index (Phi) is 7.71. The molecule has 4 heterocycles. The van der Waals surface area contributed by atoms with Crippen molar-refractivity contribution < 1.29 is 32.7 Å². The Bertz CT molecular complexity index is 1760. The molecular formula is C32H33F2N5O6. The van der Waals surface area contributed by atoms with E-state index in [4.69, 9.17) is 14.3 Å². The third-order valence-electron chi connectivity index (χ3n) is 8.92. The van der Waals surface area contributed by atoms with Crippen molar-refractivity contribution in [3.05, 3.63) is 92.9 Å². The fourth-order valence-electron chi connectivity index (χ4n) is 6.42. The number of amidine groups is 1. The second-order valence-electron chi connectivity index (χ2n) is 11.4. The van der Waals surface area contributed by atoms with Crippen LogP contribution in [0.3, 0.4) is 0 Å². The number of methoxy groups -OCH3 is 2. The maximum atomic E-state index is 14.3. The Labute approximate surface area is 258 Å². The first kappa shape index (κ1) is 30.1. The van der Waals surface area contributed by atoms with E-state index in [1.807, 2.05) is 38.1 Å². The van der Waals surface area contributed by atoms with Gasteiger partial charge in [-0.3, -0.25) is 14.4 Å².